The van der Waals surface area contributed by atoms with Gasteiger partial charge < -0.3 is 19.7 Å². The molecule has 4 atom stereocenters. The molecule has 0 aromatic carbocycles. The Kier molecular flexibility index (Phi) is 5.52. The molecule has 4 unspecified atom stereocenters. The average Bonchev–Trinajstić information content (AvgIpc) is 2.90. The van der Waals surface area contributed by atoms with E-state index in [1.54, 1.807) is 20.8 Å². The Labute approximate surface area is 156 Å². The van der Waals surface area contributed by atoms with Crippen molar-refractivity contribution in [2.45, 2.75) is 97.1 Å². The van der Waals surface area contributed by atoms with Gasteiger partial charge in [-0.05, 0) is 57.3 Å². The summed E-state index contributed by atoms with van der Waals surface area (Å²) >= 11 is 0. The van der Waals surface area contributed by atoms with Crippen LogP contribution in [0.25, 0.3) is 0 Å². The molecule has 0 saturated heterocycles. The maximum Gasteiger partial charge on any atom is 0.364 e. The first kappa shape index (κ1) is 21.2. The van der Waals surface area contributed by atoms with Crippen molar-refractivity contribution in [2.75, 3.05) is 0 Å². The van der Waals surface area contributed by atoms with Crippen LogP contribution in [0.15, 0.2) is 0 Å². The van der Waals surface area contributed by atoms with Crippen molar-refractivity contribution in [2.24, 2.45) is 17.3 Å². The molecule has 0 spiro atoms. The van der Waals surface area contributed by atoms with Crippen LogP contribution in [0.2, 0.25) is 0 Å². The van der Waals surface area contributed by atoms with Crippen molar-refractivity contribution < 1.29 is 29.3 Å². The molecule has 150 valence electrons. The summed E-state index contributed by atoms with van der Waals surface area (Å²) in [5, 5.41) is 20.3. The summed E-state index contributed by atoms with van der Waals surface area (Å²) in [6.45, 7) is 11.6. The molecule has 2 N–H and O–H groups in total. The number of ether oxygens (including phenoxy) is 2. The fraction of sp³-hybridized carbons (Fsp3) is 0.900. The summed E-state index contributed by atoms with van der Waals surface area (Å²) in [5.41, 5.74) is -1.32. The smallest absolute Gasteiger partial charge is 0.364 e. The second-order valence-corrected chi connectivity index (χ2v) is 9.68. The number of aliphatic hydroxyl groups is 1. The van der Waals surface area contributed by atoms with Crippen molar-refractivity contribution in [3.05, 3.63) is 0 Å². The zero-order chi connectivity index (χ0) is 20.0. The fourth-order valence-corrected chi connectivity index (χ4v) is 4.61. The Hall–Kier alpha value is -1.14. The molecule has 0 aliphatic heterocycles. The number of aliphatic carboxylic acids is 1. The standard InChI is InChI=1S/C20H34O6/c1-13-9-10-14-18(5,6)19(14,12-13)26-20(24,16(22)23)11-7-8-15(21)25-17(2,3)4/h13-14,24H,7-12H2,1-6H3,(H,22,23). The Morgan fingerprint density at radius 3 is 2.35 bits per heavy atom. The van der Waals surface area contributed by atoms with Gasteiger partial charge >= 0.3 is 11.9 Å². The third-order valence-corrected chi connectivity index (χ3v) is 6.04. The first-order valence-corrected chi connectivity index (χ1v) is 9.61. The third-order valence-electron chi connectivity index (χ3n) is 6.04. The Balaban J connectivity index is 2.01. The van der Waals surface area contributed by atoms with E-state index in [2.05, 4.69) is 20.8 Å². The van der Waals surface area contributed by atoms with Crippen LogP contribution in [0.1, 0.15) is 80.1 Å². The largest absolute Gasteiger partial charge is 0.477 e. The third kappa shape index (κ3) is 4.06. The van der Waals surface area contributed by atoms with E-state index in [-0.39, 0.29) is 30.6 Å². The molecule has 2 aliphatic carbocycles. The fourth-order valence-electron chi connectivity index (χ4n) is 4.61. The quantitative estimate of drug-likeness (QED) is 0.526. The van der Waals surface area contributed by atoms with Crippen LogP contribution in [0.5, 0.6) is 0 Å². The first-order chi connectivity index (χ1) is 11.7. The van der Waals surface area contributed by atoms with E-state index >= 15 is 0 Å². The molecule has 0 bridgehead atoms. The van der Waals surface area contributed by atoms with Gasteiger partial charge in [-0.1, -0.05) is 27.2 Å². The highest BCUT2D eigenvalue weighted by molar-refractivity contribution is 5.75. The molecule has 2 fully saturated rings. The molecule has 6 nitrogen and oxygen atoms in total. The lowest BCUT2D eigenvalue weighted by molar-refractivity contribution is -0.260. The molecule has 2 aliphatic rings. The number of hydrogen-bond acceptors (Lipinski definition) is 5. The van der Waals surface area contributed by atoms with Crippen molar-refractivity contribution in [1.29, 1.82) is 0 Å². The van der Waals surface area contributed by atoms with Gasteiger partial charge in [0.15, 0.2) is 0 Å². The number of fused-ring (bicyclic) bond motifs is 1. The van der Waals surface area contributed by atoms with E-state index in [0.29, 0.717) is 5.92 Å². The zero-order valence-electron chi connectivity index (χ0n) is 16.9. The van der Waals surface area contributed by atoms with E-state index in [0.717, 1.165) is 19.3 Å². The van der Waals surface area contributed by atoms with Gasteiger partial charge in [-0.15, -0.1) is 0 Å². The van der Waals surface area contributed by atoms with Crippen LogP contribution in [0.3, 0.4) is 0 Å². The summed E-state index contributed by atoms with van der Waals surface area (Å²) in [6.07, 6.45) is 2.94. The summed E-state index contributed by atoms with van der Waals surface area (Å²) in [7, 11) is 0. The van der Waals surface area contributed by atoms with Crippen LogP contribution >= 0.6 is 0 Å². The van der Waals surface area contributed by atoms with Crippen LogP contribution < -0.4 is 0 Å². The molecular weight excluding hydrogens is 336 g/mol. The number of hydrogen-bond donors (Lipinski definition) is 2. The monoisotopic (exact) mass is 370 g/mol. The minimum absolute atomic E-state index is 0.0481. The van der Waals surface area contributed by atoms with Crippen LogP contribution in [0, 0.1) is 17.3 Å². The van der Waals surface area contributed by atoms with Crippen molar-refractivity contribution in [3.63, 3.8) is 0 Å². The highest BCUT2D eigenvalue weighted by Gasteiger charge is 2.75. The molecule has 0 heterocycles. The lowest BCUT2D eigenvalue weighted by Crippen LogP contribution is -2.48. The molecule has 0 aromatic rings. The maximum atomic E-state index is 11.8. The second kappa shape index (κ2) is 6.79. The number of rotatable bonds is 7. The van der Waals surface area contributed by atoms with E-state index in [1.165, 1.54) is 0 Å². The molecule has 2 saturated carbocycles. The molecule has 0 radical (unpaired) electrons. The Bertz CT molecular complexity index is 563. The van der Waals surface area contributed by atoms with Gasteiger partial charge in [0.25, 0.3) is 5.79 Å². The normalized spacial score (nSPS) is 32.3. The summed E-state index contributed by atoms with van der Waals surface area (Å²) in [4.78, 5) is 23.6. The molecule has 6 heteroatoms. The van der Waals surface area contributed by atoms with Gasteiger partial charge in [0, 0.05) is 12.8 Å². The SMILES string of the molecule is CC1CCC2C(C)(C)C2(OC(O)(CCCC(=O)OC(C)(C)C)C(=O)O)C1. The lowest BCUT2D eigenvalue weighted by Gasteiger charge is -2.35. The predicted octanol–water partition coefficient (Wildman–Crippen LogP) is 3.50. The summed E-state index contributed by atoms with van der Waals surface area (Å²) < 4.78 is 11.2. The molecule has 26 heavy (non-hydrogen) atoms. The highest BCUT2D eigenvalue weighted by atomic mass is 16.7. The van der Waals surface area contributed by atoms with Crippen molar-refractivity contribution in [3.8, 4) is 0 Å². The number of carboxylic acid groups (broad SMARTS) is 1. The number of carboxylic acids is 1. The van der Waals surface area contributed by atoms with Crippen LogP contribution in [-0.2, 0) is 19.1 Å². The van der Waals surface area contributed by atoms with Crippen molar-refractivity contribution >= 4 is 11.9 Å². The molecule has 0 aromatic heterocycles. The average molecular weight is 370 g/mol. The molecular formula is C20H34O6. The van der Waals surface area contributed by atoms with Gasteiger partial charge in [0.1, 0.15) is 5.60 Å². The Morgan fingerprint density at radius 2 is 1.81 bits per heavy atom. The minimum Gasteiger partial charge on any atom is -0.477 e. The van der Waals surface area contributed by atoms with Crippen LogP contribution in [0.4, 0.5) is 0 Å². The molecule has 0 amide bonds. The topological polar surface area (TPSA) is 93.1 Å². The van der Waals surface area contributed by atoms with E-state index in [4.69, 9.17) is 9.47 Å². The zero-order valence-corrected chi connectivity index (χ0v) is 16.9. The van der Waals surface area contributed by atoms with Gasteiger partial charge in [0.2, 0.25) is 0 Å². The second-order valence-electron chi connectivity index (χ2n) is 9.68. The van der Waals surface area contributed by atoms with E-state index in [9.17, 15) is 19.8 Å². The number of esters is 1. The van der Waals surface area contributed by atoms with Gasteiger partial charge in [-0.2, -0.15) is 0 Å². The predicted molar refractivity (Wildman–Crippen MR) is 96.4 cm³/mol. The van der Waals surface area contributed by atoms with Gasteiger partial charge in [-0.25, -0.2) is 4.79 Å². The number of carbonyl (C=O) groups excluding carboxylic acids is 1. The van der Waals surface area contributed by atoms with E-state index < -0.39 is 28.9 Å². The van der Waals surface area contributed by atoms with Crippen molar-refractivity contribution in [1.82, 2.24) is 0 Å². The van der Waals surface area contributed by atoms with Gasteiger partial charge in [0.05, 0.1) is 5.60 Å². The molecule has 2 rings (SSSR count). The lowest BCUT2D eigenvalue weighted by atomic mass is 9.88. The first-order valence-electron chi connectivity index (χ1n) is 9.61. The minimum atomic E-state index is -2.27. The maximum absolute atomic E-state index is 11.8. The van der Waals surface area contributed by atoms with Crippen LogP contribution in [-0.4, -0.2) is 39.1 Å². The highest BCUT2D eigenvalue weighted by Crippen LogP contribution is 2.71. The Morgan fingerprint density at radius 1 is 1.19 bits per heavy atom. The number of carbonyl (C=O) groups is 2. The summed E-state index contributed by atoms with van der Waals surface area (Å²) in [6, 6.07) is 0. The summed E-state index contributed by atoms with van der Waals surface area (Å²) in [5.74, 6) is -3.36. The van der Waals surface area contributed by atoms with Gasteiger partial charge in [-0.3, -0.25) is 4.79 Å². The van der Waals surface area contributed by atoms with E-state index in [1.807, 2.05) is 0 Å².